The number of guanidine groups is 2. The smallest absolute Gasteiger partial charge is 0.218 e. The number of nitrogens with two attached hydrogens (primary N) is 2. The normalized spacial score (nSPS) is 16.5. The van der Waals surface area contributed by atoms with Crippen LogP contribution in [-0.2, 0) is 6.54 Å². The van der Waals surface area contributed by atoms with Gasteiger partial charge in [-0.15, -0.1) is 12.4 Å². The molecular weight excluding hydrogens is 309 g/mol. The highest BCUT2D eigenvalue weighted by Gasteiger charge is 2.12. The van der Waals surface area contributed by atoms with Gasteiger partial charge in [0.05, 0.1) is 6.54 Å². The second-order valence-corrected chi connectivity index (χ2v) is 5.26. The van der Waals surface area contributed by atoms with Gasteiger partial charge < -0.3 is 16.4 Å². The lowest BCUT2D eigenvalue weighted by atomic mass is 10.1. The molecule has 4 N–H and O–H groups in total. The van der Waals surface area contributed by atoms with Crippen LogP contribution in [0.15, 0.2) is 34.3 Å². The number of rotatable bonds is 2. The Morgan fingerprint density at radius 2 is 1.71 bits per heavy atom. The van der Waals surface area contributed by atoms with Gasteiger partial charge in [0.1, 0.15) is 0 Å². The van der Waals surface area contributed by atoms with Crippen LogP contribution in [-0.4, -0.2) is 29.9 Å². The summed E-state index contributed by atoms with van der Waals surface area (Å²) < 4.78 is 0. The fraction of sp³-hybridized carbons (Fsp3) is 0.429. The number of nitrogens with zero attached hydrogens (tertiary/aromatic N) is 3. The molecule has 1 aromatic rings. The molecule has 0 unspecified atom stereocenters. The number of hydrogen-bond acceptors (Lipinski definition) is 1. The SMILES string of the molecule is Cl.NC(=NCc1ccc(Cl)cc1)N=C(N)N1CCCCC1. The topological polar surface area (TPSA) is 80.0 Å². The van der Waals surface area contributed by atoms with Crippen molar-refractivity contribution in [1.82, 2.24) is 4.90 Å². The Morgan fingerprint density at radius 1 is 1.10 bits per heavy atom. The van der Waals surface area contributed by atoms with Crippen molar-refractivity contribution in [2.45, 2.75) is 25.8 Å². The van der Waals surface area contributed by atoms with E-state index in [0.717, 1.165) is 31.5 Å². The van der Waals surface area contributed by atoms with Crippen molar-refractivity contribution >= 4 is 35.9 Å². The highest BCUT2D eigenvalue weighted by molar-refractivity contribution is 6.30. The Hall–Kier alpha value is -1.46. The van der Waals surface area contributed by atoms with Gasteiger partial charge in [-0.3, -0.25) is 0 Å². The van der Waals surface area contributed by atoms with E-state index in [4.69, 9.17) is 23.1 Å². The highest BCUT2D eigenvalue weighted by atomic mass is 35.5. The highest BCUT2D eigenvalue weighted by Crippen LogP contribution is 2.10. The monoisotopic (exact) mass is 329 g/mol. The standard InChI is InChI=1S/C14H20ClN5.ClH/c15-12-6-4-11(5-7-12)10-18-13(16)19-14(17)20-8-2-1-3-9-20;/h4-7H,1-3,8-10H2,(H4,16,17,18,19);1H. The van der Waals surface area contributed by atoms with Crippen LogP contribution < -0.4 is 11.5 Å². The minimum atomic E-state index is 0. The lowest BCUT2D eigenvalue weighted by Gasteiger charge is -2.27. The molecule has 1 saturated heterocycles. The van der Waals surface area contributed by atoms with E-state index in [1.54, 1.807) is 0 Å². The first-order valence-electron chi connectivity index (χ1n) is 6.78. The average molecular weight is 330 g/mol. The molecule has 1 aromatic carbocycles. The molecule has 0 atom stereocenters. The summed E-state index contributed by atoms with van der Waals surface area (Å²) in [5, 5.41) is 0.707. The van der Waals surface area contributed by atoms with Crippen LogP contribution in [0, 0.1) is 0 Å². The molecule has 0 bridgehead atoms. The maximum atomic E-state index is 5.94. The molecule has 0 spiro atoms. The van der Waals surface area contributed by atoms with Gasteiger partial charge in [0.2, 0.25) is 5.96 Å². The number of piperidine rings is 1. The molecule has 1 aliphatic rings. The van der Waals surface area contributed by atoms with E-state index in [2.05, 4.69) is 9.98 Å². The molecule has 5 nitrogen and oxygen atoms in total. The van der Waals surface area contributed by atoms with Crippen LogP contribution in [0.4, 0.5) is 0 Å². The molecule has 1 aliphatic heterocycles. The van der Waals surface area contributed by atoms with Crippen LogP contribution in [0.3, 0.4) is 0 Å². The fourth-order valence-corrected chi connectivity index (χ4v) is 2.23. The summed E-state index contributed by atoms with van der Waals surface area (Å²) in [5.74, 6) is 0.671. The van der Waals surface area contributed by atoms with E-state index in [0.29, 0.717) is 17.5 Å². The van der Waals surface area contributed by atoms with Crippen LogP contribution >= 0.6 is 24.0 Å². The summed E-state index contributed by atoms with van der Waals surface area (Å²) in [6.07, 6.45) is 3.56. The van der Waals surface area contributed by atoms with Gasteiger partial charge in [0.25, 0.3) is 0 Å². The van der Waals surface area contributed by atoms with Gasteiger partial charge >= 0.3 is 0 Å². The molecule has 116 valence electrons. The summed E-state index contributed by atoms with van der Waals surface area (Å²) in [5.41, 5.74) is 12.8. The molecular formula is C14H21Cl2N5. The molecule has 21 heavy (non-hydrogen) atoms. The lowest BCUT2D eigenvalue weighted by Crippen LogP contribution is -2.41. The van der Waals surface area contributed by atoms with Crippen LogP contribution in [0.2, 0.25) is 5.02 Å². The predicted molar refractivity (Wildman–Crippen MR) is 91.1 cm³/mol. The van der Waals surface area contributed by atoms with E-state index >= 15 is 0 Å². The summed E-state index contributed by atoms with van der Waals surface area (Å²) in [6, 6.07) is 7.48. The molecule has 0 aliphatic carbocycles. The van der Waals surface area contributed by atoms with Crippen molar-refractivity contribution in [2.24, 2.45) is 21.5 Å². The zero-order chi connectivity index (χ0) is 14.4. The van der Waals surface area contributed by atoms with E-state index in [1.165, 1.54) is 6.42 Å². The predicted octanol–water partition coefficient (Wildman–Crippen LogP) is 2.38. The first kappa shape index (κ1) is 17.6. The van der Waals surface area contributed by atoms with Crippen molar-refractivity contribution in [1.29, 1.82) is 0 Å². The Kier molecular flexibility index (Phi) is 7.32. The largest absolute Gasteiger partial charge is 0.369 e. The van der Waals surface area contributed by atoms with Crippen LogP contribution in [0.25, 0.3) is 0 Å². The zero-order valence-electron chi connectivity index (χ0n) is 11.8. The summed E-state index contributed by atoms with van der Waals surface area (Å²) in [7, 11) is 0. The Bertz CT molecular complexity index is 493. The van der Waals surface area contributed by atoms with Crippen molar-refractivity contribution in [3.63, 3.8) is 0 Å². The maximum absolute atomic E-state index is 5.94. The fourth-order valence-electron chi connectivity index (χ4n) is 2.11. The van der Waals surface area contributed by atoms with Gasteiger partial charge in [-0.05, 0) is 37.0 Å². The van der Waals surface area contributed by atoms with E-state index in [1.807, 2.05) is 29.2 Å². The Labute approximate surface area is 136 Å². The molecule has 2 rings (SSSR count). The quantitative estimate of drug-likeness (QED) is 0.645. The van der Waals surface area contributed by atoms with Crippen LogP contribution in [0.1, 0.15) is 24.8 Å². The minimum absolute atomic E-state index is 0. The second-order valence-electron chi connectivity index (χ2n) is 4.82. The van der Waals surface area contributed by atoms with Gasteiger partial charge in [0.15, 0.2) is 5.96 Å². The van der Waals surface area contributed by atoms with E-state index < -0.39 is 0 Å². The number of hydrogen-bond donors (Lipinski definition) is 2. The molecule has 7 heteroatoms. The number of halogens is 2. The second kappa shape index (κ2) is 8.74. The van der Waals surface area contributed by atoms with Crippen molar-refractivity contribution in [2.75, 3.05) is 13.1 Å². The number of benzene rings is 1. The van der Waals surface area contributed by atoms with Crippen molar-refractivity contribution < 1.29 is 0 Å². The summed E-state index contributed by atoms with van der Waals surface area (Å²) in [6.45, 7) is 2.36. The van der Waals surface area contributed by atoms with E-state index in [-0.39, 0.29) is 18.4 Å². The molecule has 0 radical (unpaired) electrons. The van der Waals surface area contributed by atoms with Gasteiger partial charge in [-0.25, -0.2) is 4.99 Å². The van der Waals surface area contributed by atoms with Crippen LogP contribution in [0.5, 0.6) is 0 Å². The number of aliphatic imine (C=N–C) groups is 2. The third-order valence-electron chi connectivity index (χ3n) is 3.25. The average Bonchev–Trinajstić information content (AvgIpc) is 2.47. The third-order valence-corrected chi connectivity index (χ3v) is 3.50. The Balaban J connectivity index is 0.00000220. The minimum Gasteiger partial charge on any atom is -0.369 e. The molecule has 1 fully saturated rings. The maximum Gasteiger partial charge on any atom is 0.218 e. The Morgan fingerprint density at radius 3 is 2.33 bits per heavy atom. The lowest BCUT2D eigenvalue weighted by molar-refractivity contribution is 0.339. The van der Waals surface area contributed by atoms with Crippen molar-refractivity contribution in [3.8, 4) is 0 Å². The van der Waals surface area contributed by atoms with Gasteiger partial charge in [-0.1, -0.05) is 23.7 Å². The van der Waals surface area contributed by atoms with E-state index in [9.17, 15) is 0 Å². The third kappa shape index (κ3) is 5.81. The zero-order valence-corrected chi connectivity index (χ0v) is 13.4. The number of likely N-dealkylation sites (tertiary alicyclic amines) is 1. The molecule has 0 amide bonds. The summed E-state index contributed by atoms with van der Waals surface area (Å²) >= 11 is 5.82. The molecule has 0 aromatic heterocycles. The molecule has 1 heterocycles. The van der Waals surface area contributed by atoms with Gasteiger partial charge in [0, 0.05) is 18.1 Å². The first-order valence-corrected chi connectivity index (χ1v) is 7.16. The van der Waals surface area contributed by atoms with Crippen molar-refractivity contribution in [3.05, 3.63) is 34.9 Å². The van der Waals surface area contributed by atoms with Gasteiger partial charge in [-0.2, -0.15) is 4.99 Å². The first-order chi connectivity index (χ1) is 9.65. The molecule has 0 saturated carbocycles. The summed E-state index contributed by atoms with van der Waals surface area (Å²) in [4.78, 5) is 10.4.